The van der Waals surface area contributed by atoms with Crippen LogP contribution in [0.3, 0.4) is 0 Å². The van der Waals surface area contributed by atoms with Crippen molar-refractivity contribution in [3.63, 3.8) is 0 Å². The van der Waals surface area contributed by atoms with E-state index in [4.69, 9.17) is 17.2 Å². The number of nitrogens with two attached hydrogens (primary N) is 3. The zero-order valence-corrected chi connectivity index (χ0v) is 13.9. The van der Waals surface area contributed by atoms with Crippen LogP contribution >= 0.6 is 0 Å². The third-order valence-corrected chi connectivity index (χ3v) is 4.61. The van der Waals surface area contributed by atoms with Gasteiger partial charge in [-0.3, -0.25) is 0 Å². The third kappa shape index (κ3) is 4.42. The number of hydrogen-bond acceptors (Lipinski definition) is 7. The molecular weight excluding hydrogens is 374 g/mol. The second-order valence-electron chi connectivity index (χ2n) is 4.74. The maximum atomic E-state index is 11.4. The van der Waals surface area contributed by atoms with Crippen LogP contribution in [0, 0.1) is 0 Å². The highest BCUT2D eigenvalue weighted by atomic mass is 32.2. The molecule has 6 N–H and O–H groups in total. The molecule has 0 saturated heterocycles. The molecule has 0 radical (unpaired) electrons. The van der Waals surface area contributed by atoms with Crippen molar-refractivity contribution in [2.75, 3.05) is 0 Å². The van der Waals surface area contributed by atoms with Gasteiger partial charge in [0.05, 0.1) is 15.5 Å². The summed E-state index contributed by atoms with van der Waals surface area (Å²) in [6.07, 6.45) is 0. The Balaban J connectivity index is 2.80. The average molecular weight is 385 g/mol. The molecule has 0 amide bonds. The molecule has 0 saturated carbocycles. The highest BCUT2D eigenvalue weighted by Crippen LogP contribution is 2.30. The summed E-state index contributed by atoms with van der Waals surface area (Å²) in [7, 11) is -10.0. The summed E-state index contributed by atoms with van der Waals surface area (Å²) in [4.78, 5) is 5.59. The van der Waals surface area contributed by atoms with Gasteiger partial charge in [0.15, 0.2) is 5.96 Å². The molecule has 0 aliphatic rings. The Labute approximate surface area is 142 Å². The Morgan fingerprint density at radius 1 is 0.920 bits per heavy atom. The summed E-state index contributed by atoms with van der Waals surface area (Å²) < 4.78 is 67.7. The van der Waals surface area contributed by atoms with Crippen LogP contribution in [0.25, 0.3) is 10.8 Å². The SMILES string of the molecule is NC(N)=NC(N)=Nc1ccc2c(S(=O)(=O)[O-])cc(S(=O)(=O)[O-])cc2c1. The van der Waals surface area contributed by atoms with Gasteiger partial charge >= 0.3 is 0 Å². The molecule has 0 unspecified atom stereocenters. The predicted molar refractivity (Wildman–Crippen MR) is 87.0 cm³/mol. The lowest BCUT2D eigenvalue weighted by molar-refractivity contribution is 0.462. The molecule has 0 atom stereocenters. The molecule has 0 fully saturated rings. The molecule has 13 heteroatoms. The molecule has 2 aromatic carbocycles. The van der Waals surface area contributed by atoms with Crippen molar-refractivity contribution < 1.29 is 25.9 Å². The Hall–Kier alpha value is -2.74. The number of rotatable bonds is 3. The smallest absolute Gasteiger partial charge is 0.223 e. The van der Waals surface area contributed by atoms with Crippen molar-refractivity contribution in [1.29, 1.82) is 0 Å². The molecule has 2 rings (SSSR count). The Morgan fingerprint density at radius 2 is 1.56 bits per heavy atom. The first kappa shape index (κ1) is 18.6. The summed E-state index contributed by atoms with van der Waals surface area (Å²) in [5.41, 5.74) is 15.9. The molecule has 0 bridgehead atoms. The van der Waals surface area contributed by atoms with E-state index in [0.29, 0.717) is 6.07 Å². The van der Waals surface area contributed by atoms with Crippen LogP contribution < -0.4 is 17.2 Å². The number of nitrogens with zero attached hydrogens (tertiary/aromatic N) is 2. The summed E-state index contributed by atoms with van der Waals surface area (Å²) in [6.45, 7) is 0. The van der Waals surface area contributed by atoms with Gasteiger partial charge < -0.3 is 26.3 Å². The van der Waals surface area contributed by atoms with Crippen LogP contribution in [-0.2, 0) is 20.2 Å². The molecule has 0 aliphatic carbocycles. The lowest BCUT2D eigenvalue weighted by atomic mass is 10.1. The highest BCUT2D eigenvalue weighted by Gasteiger charge is 2.13. The third-order valence-electron chi connectivity index (χ3n) is 2.92. The first-order valence-electron chi connectivity index (χ1n) is 6.31. The van der Waals surface area contributed by atoms with E-state index in [2.05, 4.69) is 9.98 Å². The number of aliphatic imine (C=N–C) groups is 2. The molecule has 0 aliphatic heterocycles. The Kier molecular flexibility index (Phi) is 4.68. The van der Waals surface area contributed by atoms with Gasteiger partial charge in [-0.05, 0) is 35.0 Å². The van der Waals surface area contributed by atoms with Crippen molar-refractivity contribution in [1.82, 2.24) is 0 Å². The fraction of sp³-hybridized carbons (Fsp3) is 0. The largest absolute Gasteiger partial charge is 0.744 e. The van der Waals surface area contributed by atoms with Gasteiger partial charge in [0.25, 0.3) is 0 Å². The lowest BCUT2D eigenvalue weighted by Crippen LogP contribution is -2.26. The summed E-state index contributed by atoms with van der Waals surface area (Å²) in [5.74, 6) is -0.662. The minimum Gasteiger partial charge on any atom is -0.744 e. The van der Waals surface area contributed by atoms with Gasteiger partial charge in [-0.15, -0.1) is 0 Å². The van der Waals surface area contributed by atoms with Crippen molar-refractivity contribution >= 4 is 48.6 Å². The highest BCUT2D eigenvalue weighted by molar-refractivity contribution is 7.86. The van der Waals surface area contributed by atoms with E-state index in [9.17, 15) is 25.9 Å². The summed E-state index contributed by atoms with van der Waals surface area (Å²) in [6, 6.07) is 5.17. The van der Waals surface area contributed by atoms with Crippen molar-refractivity contribution in [2.24, 2.45) is 27.2 Å². The van der Waals surface area contributed by atoms with Gasteiger partial charge in [0.1, 0.15) is 20.2 Å². The second kappa shape index (κ2) is 6.29. The molecule has 0 heterocycles. The standard InChI is InChI=1S/C12H13N5O6S2/c13-11(14)17-12(15)16-7-1-2-9-6(3-7)4-8(24(18,19)20)5-10(9)25(21,22)23/h1-5H,(H,18,19,20)(H,21,22,23)(H6,13,14,15,16,17)/p-2. The van der Waals surface area contributed by atoms with Gasteiger partial charge in [-0.25, -0.2) is 21.8 Å². The van der Waals surface area contributed by atoms with Crippen LogP contribution in [-0.4, -0.2) is 37.9 Å². The van der Waals surface area contributed by atoms with E-state index < -0.39 is 30.0 Å². The Morgan fingerprint density at radius 3 is 2.08 bits per heavy atom. The maximum absolute atomic E-state index is 11.4. The molecule has 0 spiro atoms. The second-order valence-corrected chi connectivity index (χ2v) is 7.47. The molecule has 11 nitrogen and oxygen atoms in total. The quantitative estimate of drug-likeness (QED) is 0.330. The first-order chi connectivity index (χ1) is 11.4. The topological polar surface area (TPSA) is 217 Å². The molecular formula is C12H11N5O6S2-2. The summed E-state index contributed by atoms with van der Waals surface area (Å²) >= 11 is 0. The minimum absolute atomic E-state index is 0.0231. The van der Waals surface area contributed by atoms with E-state index in [1.807, 2.05) is 0 Å². The molecule has 25 heavy (non-hydrogen) atoms. The van der Waals surface area contributed by atoms with Gasteiger partial charge in [-0.1, -0.05) is 6.07 Å². The zero-order chi connectivity index (χ0) is 19.0. The number of fused-ring (bicyclic) bond motifs is 1. The average Bonchev–Trinajstić information content (AvgIpc) is 2.42. The Bertz CT molecular complexity index is 1120. The van der Waals surface area contributed by atoms with E-state index in [-0.39, 0.29) is 28.4 Å². The van der Waals surface area contributed by atoms with Gasteiger partial charge in [0.2, 0.25) is 5.96 Å². The van der Waals surface area contributed by atoms with Crippen molar-refractivity contribution in [3.05, 3.63) is 30.3 Å². The van der Waals surface area contributed by atoms with Gasteiger partial charge in [0, 0.05) is 0 Å². The van der Waals surface area contributed by atoms with E-state index in [0.717, 1.165) is 6.07 Å². The van der Waals surface area contributed by atoms with Crippen LogP contribution in [0.15, 0.2) is 50.1 Å². The van der Waals surface area contributed by atoms with E-state index >= 15 is 0 Å². The molecule has 134 valence electrons. The monoisotopic (exact) mass is 385 g/mol. The van der Waals surface area contributed by atoms with Crippen molar-refractivity contribution in [3.8, 4) is 0 Å². The fourth-order valence-electron chi connectivity index (χ4n) is 2.01. The number of hydrogen-bond donors (Lipinski definition) is 3. The van der Waals surface area contributed by atoms with Gasteiger partial charge in [-0.2, -0.15) is 4.99 Å². The van der Waals surface area contributed by atoms with Crippen LogP contribution in [0.4, 0.5) is 5.69 Å². The number of benzene rings is 2. The summed E-state index contributed by atoms with van der Waals surface area (Å²) in [5, 5.41) is -0.105. The lowest BCUT2D eigenvalue weighted by Gasteiger charge is -2.15. The molecule has 0 aromatic heterocycles. The zero-order valence-electron chi connectivity index (χ0n) is 12.3. The minimum atomic E-state index is -5.03. The van der Waals surface area contributed by atoms with Crippen LogP contribution in [0.1, 0.15) is 0 Å². The van der Waals surface area contributed by atoms with E-state index in [1.165, 1.54) is 18.2 Å². The van der Waals surface area contributed by atoms with Crippen LogP contribution in [0.5, 0.6) is 0 Å². The maximum Gasteiger partial charge on any atom is 0.223 e. The molecule has 2 aromatic rings. The normalized spacial score (nSPS) is 13.0. The van der Waals surface area contributed by atoms with Crippen molar-refractivity contribution in [2.45, 2.75) is 9.79 Å². The first-order valence-corrected chi connectivity index (χ1v) is 9.13. The number of guanidine groups is 2. The van der Waals surface area contributed by atoms with E-state index in [1.54, 1.807) is 0 Å². The fourth-order valence-corrected chi connectivity index (χ4v) is 3.34. The predicted octanol–water partition coefficient (Wildman–Crippen LogP) is -1.13. The van der Waals surface area contributed by atoms with Crippen LogP contribution in [0.2, 0.25) is 0 Å².